The van der Waals surface area contributed by atoms with Crippen molar-refractivity contribution < 1.29 is 18.7 Å². The Morgan fingerprint density at radius 1 is 1.19 bits per heavy atom. The van der Waals surface area contributed by atoms with Crippen molar-refractivity contribution in [1.29, 1.82) is 0 Å². The van der Waals surface area contributed by atoms with E-state index in [4.69, 9.17) is 25.5 Å². The van der Waals surface area contributed by atoms with Gasteiger partial charge >= 0.3 is 0 Å². The maximum absolute atomic E-state index is 12.6. The monoisotopic (exact) mass is 454 g/mol. The molecule has 0 bridgehead atoms. The molecule has 1 aliphatic heterocycles. The normalized spacial score (nSPS) is 21.6. The first kappa shape index (κ1) is 21.1. The average Bonchev–Trinajstić information content (AvgIpc) is 3.45. The van der Waals surface area contributed by atoms with E-state index in [0.717, 1.165) is 29.9 Å². The number of benzene rings is 2. The van der Waals surface area contributed by atoms with Gasteiger partial charge in [-0.2, -0.15) is 0 Å². The summed E-state index contributed by atoms with van der Waals surface area (Å²) in [6.45, 7) is 0.601. The zero-order valence-corrected chi connectivity index (χ0v) is 18.9. The molecule has 3 aromatic rings. The van der Waals surface area contributed by atoms with E-state index < -0.39 is 0 Å². The standard InChI is InChI=1S/C25H27ClN2O4/c1-30-21-10-9-15(12-22(21)31-18-5-2-3-6-18)17-11-16(25(29)27-14-17)13-23-28-20-8-4-7-19(26)24(20)32-23/h4,7-10,12,16-18H,2-3,5-6,11,13-14H2,1H3,(H,27,29)/t16-,17-/m1/s1. The van der Waals surface area contributed by atoms with Crippen LogP contribution in [0.2, 0.25) is 5.02 Å². The van der Waals surface area contributed by atoms with Crippen molar-refractivity contribution >= 4 is 28.6 Å². The number of para-hydroxylation sites is 1. The van der Waals surface area contributed by atoms with Crippen molar-refractivity contribution in [2.45, 2.75) is 50.5 Å². The molecule has 32 heavy (non-hydrogen) atoms. The Bertz CT molecular complexity index is 1120. The third-order valence-corrected chi connectivity index (χ3v) is 6.85. The number of piperidine rings is 1. The molecule has 1 aliphatic carbocycles. The van der Waals surface area contributed by atoms with Crippen molar-refractivity contribution in [3.05, 3.63) is 52.9 Å². The maximum atomic E-state index is 12.6. The lowest BCUT2D eigenvalue weighted by molar-refractivity contribution is -0.127. The zero-order chi connectivity index (χ0) is 22.1. The van der Waals surface area contributed by atoms with Crippen molar-refractivity contribution in [1.82, 2.24) is 10.3 Å². The van der Waals surface area contributed by atoms with Crippen LogP contribution < -0.4 is 14.8 Å². The van der Waals surface area contributed by atoms with E-state index in [1.54, 1.807) is 13.2 Å². The molecule has 1 aromatic heterocycles. The third-order valence-electron chi connectivity index (χ3n) is 6.55. The van der Waals surface area contributed by atoms with Crippen LogP contribution in [0.1, 0.15) is 49.5 Å². The van der Waals surface area contributed by atoms with Gasteiger partial charge in [-0.05, 0) is 61.9 Å². The van der Waals surface area contributed by atoms with Crippen LogP contribution in [-0.2, 0) is 11.2 Å². The number of nitrogens with zero attached hydrogens (tertiary/aromatic N) is 1. The van der Waals surface area contributed by atoms with Crippen LogP contribution >= 0.6 is 11.6 Å². The summed E-state index contributed by atoms with van der Waals surface area (Å²) >= 11 is 6.21. The second-order valence-electron chi connectivity index (χ2n) is 8.71. The molecule has 6 nitrogen and oxygen atoms in total. The summed E-state index contributed by atoms with van der Waals surface area (Å²) in [6, 6.07) is 11.6. The number of amides is 1. The van der Waals surface area contributed by atoms with Gasteiger partial charge in [-0.15, -0.1) is 0 Å². The molecule has 0 radical (unpaired) electrons. The molecule has 1 saturated heterocycles. The van der Waals surface area contributed by atoms with E-state index >= 15 is 0 Å². The van der Waals surface area contributed by atoms with Gasteiger partial charge in [-0.3, -0.25) is 4.79 Å². The molecule has 2 aliphatic rings. The Kier molecular flexibility index (Phi) is 5.96. The van der Waals surface area contributed by atoms with Crippen LogP contribution in [0.4, 0.5) is 0 Å². The lowest BCUT2D eigenvalue weighted by atomic mass is 9.83. The molecule has 2 heterocycles. The molecule has 1 N–H and O–H groups in total. The van der Waals surface area contributed by atoms with Crippen LogP contribution in [0.15, 0.2) is 40.8 Å². The second-order valence-corrected chi connectivity index (χ2v) is 9.12. The molecule has 0 unspecified atom stereocenters. The Balaban J connectivity index is 1.34. The number of carbonyl (C=O) groups is 1. The number of hydrogen-bond donors (Lipinski definition) is 1. The van der Waals surface area contributed by atoms with Crippen molar-refractivity contribution in [3.8, 4) is 11.5 Å². The van der Waals surface area contributed by atoms with Gasteiger partial charge in [0.25, 0.3) is 0 Å². The number of halogens is 1. The van der Waals surface area contributed by atoms with E-state index in [0.29, 0.717) is 41.4 Å². The summed E-state index contributed by atoms with van der Waals surface area (Å²) in [6.07, 6.45) is 6.01. The van der Waals surface area contributed by atoms with Crippen LogP contribution in [0.3, 0.4) is 0 Å². The van der Waals surface area contributed by atoms with Gasteiger partial charge in [0.2, 0.25) is 5.91 Å². The molecule has 2 fully saturated rings. The quantitative estimate of drug-likeness (QED) is 0.549. The third kappa shape index (κ3) is 4.29. The van der Waals surface area contributed by atoms with Crippen LogP contribution in [-0.4, -0.2) is 30.6 Å². The molecule has 2 atom stereocenters. The fourth-order valence-electron chi connectivity index (χ4n) is 4.82. The molecular weight excluding hydrogens is 428 g/mol. The number of nitrogens with one attached hydrogen (secondary N) is 1. The molecule has 2 aromatic carbocycles. The maximum Gasteiger partial charge on any atom is 0.223 e. The summed E-state index contributed by atoms with van der Waals surface area (Å²) in [5, 5.41) is 3.59. The number of carbonyl (C=O) groups excluding carboxylic acids is 1. The van der Waals surface area contributed by atoms with E-state index in [9.17, 15) is 4.79 Å². The highest BCUT2D eigenvalue weighted by Crippen LogP contribution is 2.37. The van der Waals surface area contributed by atoms with Crippen molar-refractivity contribution in [3.63, 3.8) is 0 Å². The molecule has 0 spiro atoms. The van der Waals surface area contributed by atoms with Gasteiger partial charge in [-0.25, -0.2) is 4.98 Å². The highest BCUT2D eigenvalue weighted by Gasteiger charge is 2.31. The smallest absolute Gasteiger partial charge is 0.223 e. The highest BCUT2D eigenvalue weighted by molar-refractivity contribution is 6.34. The minimum absolute atomic E-state index is 0.0329. The molecule has 5 rings (SSSR count). The molecule has 168 valence electrons. The highest BCUT2D eigenvalue weighted by atomic mass is 35.5. The lowest BCUT2D eigenvalue weighted by Gasteiger charge is -2.29. The largest absolute Gasteiger partial charge is 0.493 e. The average molecular weight is 455 g/mol. The van der Waals surface area contributed by atoms with Gasteiger partial charge in [0.1, 0.15) is 5.52 Å². The summed E-state index contributed by atoms with van der Waals surface area (Å²) in [5.41, 5.74) is 2.43. The predicted molar refractivity (Wildman–Crippen MR) is 122 cm³/mol. The Morgan fingerprint density at radius 2 is 2.03 bits per heavy atom. The number of rotatable bonds is 6. The minimum Gasteiger partial charge on any atom is -0.493 e. The van der Waals surface area contributed by atoms with Gasteiger partial charge in [0, 0.05) is 24.8 Å². The number of hydrogen-bond acceptors (Lipinski definition) is 5. The van der Waals surface area contributed by atoms with E-state index in [-0.39, 0.29) is 23.8 Å². The van der Waals surface area contributed by atoms with Gasteiger partial charge in [0.05, 0.1) is 18.2 Å². The van der Waals surface area contributed by atoms with E-state index in [2.05, 4.69) is 22.4 Å². The first-order chi connectivity index (χ1) is 15.6. The number of oxazole rings is 1. The van der Waals surface area contributed by atoms with Crippen LogP contribution in [0, 0.1) is 5.92 Å². The van der Waals surface area contributed by atoms with Gasteiger partial charge in [-0.1, -0.05) is 23.7 Å². The summed E-state index contributed by atoms with van der Waals surface area (Å²) in [5.74, 6) is 2.07. The molecule has 7 heteroatoms. The zero-order valence-electron chi connectivity index (χ0n) is 18.1. The topological polar surface area (TPSA) is 73.6 Å². The summed E-state index contributed by atoms with van der Waals surface area (Å²) in [4.78, 5) is 17.1. The lowest BCUT2D eigenvalue weighted by Crippen LogP contribution is -2.41. The summed E-state index contributed by atoms with van der Waals surface area (Å²) in [7, 11) is 1.67. The number of methoxy groups -OCH3 is 1. The van der Waals surface area contributed by atoms with Crippen LogP contribution in [0.25, 0.3) is 11.1 Å². The molecule has 1 saturated carbocycles. The van der Waals surface area contributed by atoms with Crippen molar-refractivity contribution in [2.24, 2.45) is 5.92 Å². The first-order valence-corrected chi connectivity index (χ1v) is 11.6. The Labute approximate surface area is 192 Å². The van der Waals surface area contributed by atoms with Gasteiger partial charge < -0.3 is 19.2 Å². The van der Waals surface area contributed by atoms with Gasteiger partial charge in [0.15, 0.2) is 23.0 Å². The predicted octanol–water partition coefficient (Wildman–Crippen LogP) is 5.27. The fraction of sp³-hybridized carbons (Fsp3) is 0.440. The van der Waals surface area contributed by atoms with E-state index in [1.807, 2.05) is 18.2 Å². The first-order valence-electron chi connectivity index (χ1n) is 11.3. The SMILES string of the molecule is COc1ccc([C@H]2CNC(=O)[C@@H](Cc3nc4cccc(Cl)c4o3)C2)cc1OC1CCCC1. The van der Waals surface area contributed by atoms with Crippen molar-refractivity contribution in [2.75, 3.05) is 13.7 Å². The van der Waals surface area contributed by atoms with E-state index in [1.165, 1.54) is 12.8 Å². The Morgan fingerprint density at radius 3 is 2.81 bits per heavy atom. The Hall–Kier alpha value is -2.73. The second kappa shape index (κ2) is 9.02. The molecule has 1 amide bonds. The molecular formula is C25H27ClN2O4. The summed E-state index contributed by atoms with van der Waals surface area (Å²) < 4.78 is 17.6. The van der Waals surface area contributed by atoms with Crippen LogP contribution in [0.5, 0.6) is 11.5 Å². The minimum atomic E-state index is -0.220. The number of fused-ring (bicyclic) bond motifs is 1. The fourth-order valence-corrected chi connectivity index (χ4v) is 5.02. The number of ether oxygens (including phenoxy) is 2. The number of aromatic nitrogens is 1.